The number of rotatable bonds is 0. The lowest BCUT2D eigenvalue weighted by molar-refractivity contribution is -0.0517. The first kappa shape index (κ1) is 15.6. The molecule has 0 radical (unpaired) electrons. The van der Waals surface area contributed by atoms with Crippen LogP contribution >= 0.6 is 11.6 Å². The number of hydrogen-bond acceptors (Lipinski definition) is 4. The fourth-order valence-corrected chi connectivity index (χ4v) is 0.706. The van der Waals surface area contributed by atoms with Crippen LogP contribution in [0.15, 0.2) is 24.3 Å². The fourth-order valence-electron chi connectivity index (χ4n) is 0.533. The largest absolute Gasteiger partial charge is 0.741 e. The number of nitrogens with zero attached hydrogens (tertiary/aromatic N) is 2. The second-order valence-electron chi connectivity index (χ2n) is 2.45. The van der Waals surface area contributed by atoms with E-state index in [2.05, 4.69) is 4.98 Å². The van der Waals surface area contributed by atoms with Crippen molar-refractivity contribution in [3.8, 4) is 0 Å². The number of diazo groups is 1. The predicted octanol–water partition coefficient (Wildman–Crippen LogP) is 2.88. The lowest BCUT2D eigenvalue weighted by Crippen LogP contribution is -2.21. The van der Waals surface area contributed by atoms with E-state index in [0.717, 1.165) is 0 Å². The molecule has 5 nitrogen and oxygen atoms in total. The molecule has 0 aromatic heterocycles. The van der Waals surface area contributed by atoms with Crippen LogP contribution in [0.3, 0.4) is 0 Å². The van der Waals surface area contributed by atoms with Crippen LogP contribution in [0, 0.1) is 5.39 Å². The summed E-state index contributed by atoms with van der Waals surface area (Å²) in [6.45, 7) is 0. The van der Waals surface area contributed by atoms with E-state index >= 15 is 0 Å². The minimum Gasteiger partial charge on any atom is -0.741 e. The van der Waals surface area contributed by atoms with E-state index in [1.54, 1.807) is 24.3 Å². The zero-order chi connectivity index (χ0) is 13.7. The van der Waals surface area contributed by atoms with Crippen LogP contribution < -0.4 is 0 Å². The number of halogens is 4. The average Bonchev–Trinajstić information content (AvgIpc) is 2.16. The molecule has 0 fully saturated rings. The van der Waals surface area contributed by atoms with Gasteiger partial charge in [0.25, 0.3) is 0 Å². The van der Waals surface area contributed by atoms with E-state index in [-0.39, 0.29) is 0 Å². The Kier molecular flexibility index (Phi) is 5.34. The van der Waals surface area contributed by atoms with Gasteiger partial charge in [0, 0.05) is 6.07 Å². The minimum absolute atomic E-state index is 0.402. The summed E-state index contributed by atoms with van der Waals surface area (Å²) >= 11 is 5.57. The van der Waals surface area contributed by atoms with Gasteiger partial charge in [-0.1, -0.05) is 23.7 Å². The molecule has 0 aliphatic heterocycles. The summed E-state index contributed by atoms with van der Waals surface area (Å²) in [5, 5.41) is 8.72. The molecule has 0 amide bonds. The Balaban J connectivity index is 0.000000304. The predicted molar refractivity (Wildman–Crippen MR) is 51.9 cm³/mol. The van der Waals surface area contributed by atoms with Gasteiger partial charge < -0.3 is 4.55 Å². The van der Waals surface area contributed by atoms with Crippen LogP contribution in [-0.4, -0.2) is 18.5 Å². The SMILES string of the molecule is N#[N+]c1ccccc1Cl.O=S(=O)([O-])C(F)(F)F. The summed E-state index contributed by atoms with van der Waals surface area (Å²) in [4.78, 5) is 2.94. The maximum absolute atomic E-state index is 10.7. The Morgan fingerprint density at radius 3 is 1.94 bits per heavy atom. The van der Waals surface area contributed by atoms with Gasteiger partial charge in [-0.15, -0.1) is 0 Å². The zero-order valence-corrected chi connectivity index (χ0v) is 9.42. The number of alkyl halides is 3. The van der Waals surface area contributed by atoms with Crippen LogP contribution in [0.5, 0.6) is 0 Å². The molecule has 10 heteroatoms. The Morgan fingerprint density at radius 2 is 1.71 bits per heavy atom. The Labute approximate surface area is 99.2 Å². The van der Waals surface area contributed by atoms with Crippen molar-refractivity contribution in [3.63, 3.8) is 0 Å². The monoisotopic (exact) mass is 288 g/mol. The van der Waals surface area contributed by atoms with E-state index < -0.39 is 15.6 Å². The van der Waals surface area contributed by atoms with Crippen LogP contribution in [-0.2, 0) is 10.1 Å². The van der Waals surface area contributed by atoms with Gasteiger partial charge in [0.2, 0.25) is 5.39 Å². The summed E-state index contributed by atoms with van der Waals surface area (Å²) in [5.41, 5.74) is -5.24. The number of hydrogen-bond donors (Lipinski definition) is 0. The highest BCUT2D eigenvalue weighted by atomic mass is 35.5. The molecule has 1 aromatic carbocycles. The van der Waals surface area contributed by atoms with Crippen LogP contribution in [0.25, 0.3) is 4.98 Å². The van der Waals surface area contributed by atoms with Gasteiger partial charge in [0.05, 0.1) is 0 Å². The second-order valence-corrected chi connectivity index (χ2v) is 4.23. The molecule has 94 valence electrons. The molecular formula is C7H4ClF3N2O3S. The molecule has 17 heavy (non-hydrogen) atoms. The maximum Gasteiger partial charge on any atom is 0.485 e. The van der Waals surface area contributed by atoms with Gasteiger partial charge in [-0.3, -0.25) is 0 Å². The summed E-state index contributed by atoms with van der Waals surface area (Å²) < 4.78 is 58.9. The van der Waals surface area contributed by atoms with Crippen molar-refractivity contribution in [2.45, 2.75) is 5.51 Å². The first-order valence-corrected chi connectivity index (χ1v) is 5.50. The highest BCUT2D eigenvalue weighted by Crippen LogP contribution is 2.22. The van der Waals surface area contributed by atoms with Gasteiger partial charge in [-0.2, -0.15) is 13.2 Å². The van der Waals surface area contributed by atoms with E-state index in [4.69, 9.17) is 30.0 Å². The second kappa shape index (κ2) is 5.81. The molecule has 0 bridgehead atoms. The molecule has 0 aliphatic carbocycles. The van der Waals surface area contributed by atoms with Crippen LogP contribution in [0.1, 0.15) is 0 Å². The third-order valence-corrected chi connectivity index (χ3v) is 2.13. The van der Waals surface area contributed by atoms with Gasteiger partial charge in [0.1, 0.15) is 5.02 Å². The Hall–Kier alpha value is -1.37. The highest BCUT2D eigenvalue weighted by Gasteiger charge is 2.36. The van der Waals surface area contributed by atoms with Crippen LogP contribution in [0.2, 0.25) is 5.02 Å². The summed E-state index contributed by atoms with van der Waals surface area (Å²) in [5.74, 6) is 0. The average molecular weight is 289 g/mol. The van der Waals surface area contributed by atoms with Crippen LogP contribution in [0.4, 0.5) is 18.9 Å². The molecule has 0 heterocycles. The zero-order valence-electron chi connectivity index (χ0n) is 7.85. The quantitative estimate of drug-likeness (QED) is 0.417. The van der Waals surface area contributed by atoms with Crippen molar-refractivity contribution < 1.29 is 26.1 Å². The standard InChI is InChI=1S/C6H4ClN2.CHF3O3S/c7-5-3-1-2-4-6(5)9-8;2-1(3,4)8(5,6)7/h1-4H;(H,5,6,7)/q+1;/p-1. The molecule has 0 N–H and O–H groups in total. The maximum atomic E-state index is 10.7. The van der Waals surface area contributed by atoms with Crippen molar-refractivity contribution in [3.05, 3.63) is 34.3 Å². The van der Waals surface area contributed by atoms with E-state index in [9.17, 15) is 13.2 Å². The van der Waals surface area contributed by atoms with Crippen molar-refractivity contribution in [2.24, 2.45) is 0 Å². The molecule has 1 rings (SSSR count). The van der Waals surface area contributed by atoms with Gasteiger partial charge >= 0.3 is 11.2 Å². The summed E-state index contributed by atoms with van der Waals surface area (Å²) in [6.07, 6.45) is 0. The van der Waals surface area contributed by atoms with Crippen molar-refractivity contribution in [1.82, 2.24) is 0 Å². The van der Waals surface area contributed by atoms with Crippen molar-refractivity contribution in [2.75, 3.05) is 0 Å². The lowest BCUT2D eigenvalue weighted by atomic mass is 10.3. The van der Waals surface area contributed by atoms with E-state index in [1.165, 1.54) is 0 Å². The Bertz CT molecular complexity index is 524. The summed E-state index contributed by atoms with van der Waals surface area (Å²) in [6, 6.07) is 6.82. The van der Waals surface area contributed by atoms with Gasteiger partial charge in [0.15, 0.2) is 15.1 Å². The first-order chi connectivity index (χ1) is 7.59. The summed E-state index contributed by atoms with van der Waals surface area (Å²) in [7, 11) is -6.09. The molecule has 0 spiro atoms. The van der Waals surface area contributed by atoms with E-state index in [0.29, 0.717) is 10.7 Å². The van der Waals surface area contributed by atoms with Gasteiger partial charge in [-0.05, 0) is 6.07 Å². The molecule has 0 atom stereocenters. The normalized spacial score (nSPS) is 11.1. The van der Waals surface area contributed by atoms with Crippen molar-refractivity contribution in [1.29, 1.82) is 5.39 Å². The fraction of sp³-hybridized carbons (Fsp3) is 0.143. The Morgan fingerprint density at radius 1 is 1.29 bits per heavy atom. The third-order valence-electron chi connectivity index (χ3n) is 1.24. The first-order valence-electron chi connectivity index (χ1n) is 3.71. The smallest absolute Gasteiger partial charge is 0.485 e. The van der Waals surface area contributed by atoms with Gasteiger partial charge in [-0.25, -0.2) is 8.42 Å². The third kappa shape index (κ3) is 5.48. The number of benzene rings is 1. The molecule has 0 saturated heterocycles. The molecular weight excluding hydrogens is 285 g/mol. The molecule has 0 saturated carbocycles. The minimum atomic E-state index is -6.09. The molecule has 0 unspecified atom stereocenters. The highest BCUT2D eigenvalue weighted by molar-refractivity contribution is 7.86. The molecule has 1 aromatic rings. The molecule has 0 aliphatic rings. The topological polar surface area (TPSA) is 85.3 Å². The lowest BCUT2D eigenvalue weighted by Gasteiger charge is -2.08. The van der Waals surface area contributed by atoms with E-state index in [1.807, 2.05) is 0 Å². The van der Waals surface area contributed by atoms with Crippen molar-refractivity contribution >= 4 is 27.4 Å².